The summed E-state index contributed by atoms with van der Waals surface area (Å²) in [7, 11) is 0. The van der Waals surface area contributed by atoms with E-state index >= 15 is 0 Å². The first-order chi connectivity index (χ1) is 20.8. The van der Waals surface area contributed by atoms with Crippen molar-refractivity contribution in [2.45, 2.75) is 58.0 Å². The van der Waals surface area contributed by atoms with Crippen LogP contribution in [0.15, 0.2) is 91.1 Å². The van der Waals surface area contributed by atoms with Crippen LogP contribution in [0.2, 0.25) is 0 Å². The molecule has 0 spiro atoms. The fraction of sp³-hybridized carbons (Fsp3) is 0.371. The van der Waals surface area contributed by atoms with Gasteiger partial charge in [0, 0.05) is 18.7 Å². The first-order valence-corrected chi connectivity index (χ1v) is 14.8. The van der Waals surface area contributed by atoms with Crippen molar-refractivity contribution in [3.8, 4) is 5.75 Å². The maximum absolute atomic E-state index is 12.4. The average Bonchev–Trinajstić information content (AvgIpc) is 3.00. The van der Waals surface area contributed by atoms with Gasteiger partial charge in [0.1, 0.15) is 18.0 Å². The summed E-state index contributed by atoms with van der Waals surface area (Å²) in [6, 6.07) is 28.6. The van der Waals surface area contributed by atoms with E-state index in [0.29, 0.717) is 39.5 Å². The number of hydrogen-bond acceptors (Lipinski definition) is 8. The van der Waals surface area contributed by atoms with Crippen LogP contribution in [0, 0.1) is 0 Å². The van der Waals surface area contributed by atoms with Gasteiger partial charge in [-0.1, -0.05) is 54.6 Å². The summed E-state index contributed by atoms with van der Waals surface area (Å²) in [6.07, 6.45) is 1.61. The van der Waals surface area contributed by atoms with E-state index in [0.717, 1.165) is 29.0 Å². The fourth-order valence-electron chi connectivity index (χ4n) is 5.12. The van der Waals surface area contributed by atoms with Crippen molar-refractivity contribution in [2.75, 3.05) is 26.3 Å². The van der Waals surface area contributed by atoms with Gasteiger partial charge in [-0.05, 0) is 79.4 Å². The van der Waals surface area contributed by atoms with Crippen molar-refractivity contribution < 1.29 is 28.6 Å². The highest BCUT2D eigenvalue weighted by Gasteiger charge is 2.34. The molecule has 8 nitrogen and oxygen atoms in total. The summed E-state index contributed by atoms with van der Waals surface area (Å²) < 4.78 is 23.5. The predicted octanol–water partition coefficient (Wildman–Crippen LogP) is 7.07. The monoisotopic (exact) mass is 584 g/mol. The maximum atomic E-state index is 12.4. The third-order valence-electron chi connectivity index (χ3n) is 7.17. The van der Waals surface area contributed by atoms with Crippen LogP contribution in [0.4, 0.5) is 4.79 Å². The number of pyridine rings is 1. The van der Waals surface area contributed by atoms with Gasteiger partial charge in [-0.3, -0.25) is 4.98 Å². The first-order valence-electron chi connectivity index (χ1n) is 14.8. The normalized spacial score (nSPS) is 17.5. The van der Waals surface area contributed by atoms with Crippen LogP contribution < -0.4 is 4.74 Å². The second-order valence-electron chi connectivity index (χ2n) is 11.7. The molecule has 1 fully saturated rings. The number of nitrogens with zero attached hydrogens (tertiary/aromatic N) is 2. The van der Waals surface area contributed by atoms with E-state index in [-0.39, 0.29) is 12.0 Å². The SMILES string of the molecule is CC(C)(C)OC(=O)ON1CCC(c2ccc(OCCOCc3ccccn3)cc2)C(OCc2ccc3ccccc3c2)C1. The van der Waals surface area contributed by atoms with Gasteiger partial charge in [-0.25, -0.2) is 4.79 Å². The van der Waals surface area contributed by atoms with Crippen LogP contribution in [0.1, 0.15) is 49.9 Å². The minimum atomic E-state index is -0.704. The van der Waals surface area contributed by atoms with Gasteiger partial charge in [0.2, 0.25) is 0 Å². The highest BCUT2D eigenvalue weighted by Crippen LogP contribution is 2.33. The zero-order valence-electron chi connectivity index (χ0n) is 25.1. The molecule has 2 atom stereocenters. The summed E-state index contributed by atoms with van der Waals surface area (Å²) >= 11 is 0. The summed E-state index contributed by atoms with van der Waals surface area (Å²) in [6.45, 7) is 8.29. The van der Waals surface area contributed by atoms with Crippen molar-refractivity contribution in [2.24, 2.45) is 0 Å². The van der Waals surface area contributed by atoms with E-state index in [1.165, 1.54) is 10.8 Å². The Morgan fingerprint density at radius 3 is 2.47 bits per heavy atom. The Hall–Kier alpha value is -3.98. The Kier molecular flexibility index (Phi) is 10.3. The molecule has 1 aromatic heterocycles. The molecule has 0 radical (unpaired) electrons. The minimum Gasteiger partial charge on any atom is -0.491 e. The molecule has 2 heterocycles. The average molecular weight is 585 g/mol. The standard InChI is InChI=1S/C35H40N2O6/c1-35(2,3)42-34(38)43-37-19-17-32(33(23-37)41-24-26-11-12-27-8-4-5-9-29(27)22-26)28-13-15-31(16-14-28)40-21-20-39-25-30-10-6-7-18-36-30/h4-16,18,22,32-33H,17,19-21,23-25H2,1-3H3. The van der Waals surface area contributed by atoms with E-state index in [4.69, 9.17) is 23.8 Å². The summed E-state index contributed by atoms with van der Waals surface area (Å²) in [5.41, 5.74) is 2.51. The largest absolute Gasteiger partial charge is 0.528 e. The van der Waals surface area contributed by atoms with Crippen LogP contribution >= 0.6 is 0 Å². The number of piperidine rings is 1. The molecule has 5 rings (SSSR count). The number of carbonyl (C=O) groups excluding carboxylic acids is 1. The van der Waals surface area contributed by atoms with E-state index in [1.807, 2.05) is 63.2 Å². The molecule has 0 amide bonds. The lowest BCUT2D eigenvalue weighted by molar-refractivity contribution is -0.179. The molecule has 1 aliphatic heterocycles. The predicted molar refractivity (Wildman–Crippen MR) is 165 cm³/mol. The van der Waals surface area contributed by atoms with Crippen molar-refractivity contribution in [3.63, 3.8) is 0 Å². The van der Waals surface area contributed by atoms with Crippen LogP contribution in [0.5, 0.6) is 5.75 Å². The third kappa shape index (κ3) is 9.25. The number of aromatic nitrogens is 1. The topological polar surface area (TPSA) is 79.4 Å². The molecular weight excluding hydrogens is 544 g/mol. The van der Waals surface area contributed by atoms with Crippen molar-refractivity contribution in [3.05, 3.63) is 108 Å². The summed E-state index contributed by atoms with van der Waals surface area (Å²) in [4.78, 5) is 22.2. The molecule has 1 saturated heterocycles. The highest BCUT2D eigenvalue weighted by atomic mass is 16.8. The molecule has 3 aromatic carbocycles. The Morgan fingerprint density at radius 2 is 1.70 bits per heavy atom. The Bertz CT molecular complexity index is 1450. The van der Waals surface area contributed by atoms with Crippen molar-refractivity contribution >= 4 is 16.9 Å². The van der Waals surface area contributed by atoms with Crippen LogP contribution in [0.3, 0.4) is 0 Å². The lowest BCUT2D eigenvalue weighted by atomic mass is 9.87. The molecular formula is C35H40N2O6. The zero-order chi connectivity index (χ0) is 30.1. The quantitative estimate of drug-likeness (QED) is 0.137. The van der Waals surface area contributed by atoms with Crippen molar-refractivity contribution in [1.82, 2.24) is 10.0 Å². The molecule has 4 aromatic rings. The van der Waals surface area contributed by atoms with Crippen molar-refractivity contribution in [1.29, 1.82) is 0 Å². The smallest absolute Gasteiger partial charge is 0.491 e. The summed E-state index contributed by atoms with van der Waals surface area (Å²) in [5.74, 6) is 0.902. The van der Waals surface area contributed by atoms with Crippen LogP contribution in [0.25, 0.3) is 10.8 Å². The van der Waals surface area contributed by atoms with Gasteiger partial charge in [-0.2, -0.15) is 0 Å². The molecule has 0 aliphatic carbocycles. The fourth-order valence-corrected chi connectivity index (χ4v) is 5.12. The zero-order valence-corrected chi connectivity index (χ0v) is 25.1. The number of hydrogen-bond donors (Lipinski definition) is 0. The first kappa shape index (κ1) is 30.5. The molecule has 2 unspecified atom stereocenters. The van der Waals surface area contributed by atoms with Crippen LogP contribution in [-0.4, -0.2) is 54.2 Å². The number of hydroxylamine groups is 2. The van der Waals surface area contributed by atoms with E-state index in [1.54, 1.807) is 11.3 Å². The molecule has 0 bridgehead atoms. The number of carbonyl (C=O) groups is 1. The number of rotatable bonds is 11. The van der Waals surface area contributed by atoms with E-state index < -0.39 is 11.8 Å². The summed E-state index contributed by atoms with van der Waals surface area (Å²) in [5, 5.41) is 4.02. The van der Waals surface area contributed by atoms with Gasteiger partial charge < -0.3 is 23.8 Å². The highest BCUT2D eigenvalue weighted by molar-refractivity contribution is 5.82. The lowest BCUT2D eigenvalue weighted by Gasteiger charge is -2.37. The second-order valence-corrected chi connectivity index (χ2v) is 11.7. The van der Waals surface area contributed by atoms with Crippen LogP contribution in [-0.2, 0) is 32.3 Å². The molecule has 226 valence electrons. The van der Waals surface area contributed by atoms with Gasteiger partial charge >= 0.3 is 6.16 Å². The maximum Gasteiger partial charge on any atom is 0.528 e. The molecule has 0 N–H and O–H groups in total. The second kappa shape index (κ2) is 14.5. The number of ether oxygens (including phenoxy) is 4. The molecule has 43 heavy (non-hydrogen) atoms. The lowest BCUT2D eigenvalue weighted by Crippen LogP contribution is -2.45. The van der Waals surface area contributed by atoms with Gasteiger partial charge in [0.25, 0.3) is 0 Å². The Labute approximate surface area is 253 Å². The van der Waals surface area contributed by atoms with Gasteiger partial charge in [0.15, 0.2) is 0 Å². The molecule has 0 saturated carbocycles. The molecule has 1 aliphatic rings. The van der Waals surface area contributed by atoms with E-state index in [2.05, 4.69) is 47.4 Å². The number of fused-ring (bicyclic) bond motifs is 1. The molecule has 8 heteroatoms. The van der Waals surface area contributed by atoms with Gasteiger partial charge in [-0.15, -0.1) is 5.06 Å². The van der Waals surface area contributed by atoms with Gasteiger partial charge in [0.05, 0.1) is 38.2 Å². The Morgan fingerprint density at radius 1 is 0.907 bits per heavy atom. The minimum absolute atomic E-state index is 0.120. The number of benzene rings is 3. The van der Waals surface area contributed by atoms with E-state index in [9.17, 15) is 4.79 Å². The Balaban J connectivity index is 1.20. The third-order valence-corrected chi connectivity index (χ3v) is 7.17.